The summed E-state index contributed by atoms with van der Waals surface area (Å²) in [7, 11) is 0. The molecule has 0 aromatic carbocycles. The van der Waals surface area contributed by atoms with Crippen molar-refractivity contribution in [3.63, 3.8) is 0 Å². The maximum atomic E-state index is 12.3. The van der Waals surface area contributed by atoms with Gasteiger partial charge in [0.15, 0.2) is 0 Å². The second kappa shape index (κ2) is 3.13. The number of β-lactam (4-membered cyclic amide) rings is 1. The summed E-state index contributed by atoms with van der Waals surface area (Å²) in [6, 6.07) is -0.812. The van der Waals surface area contributed by atoms with E-state index in [1.54, 1.807) is 0 Å². The third-order valence-electron chi connectivity index (χ3n) is 1.77. The Balaban J connectivity index is 2.46. The summed E-state index contributed by atoms with van der Waals surface area (Å²) >= 11 is 0. The van der Waals surface area contributed by atoms with Crippen molar-refractivity contribution >= 4 is 5.91 Å². The Hall–Kier alpha value is -0.850. The van der Waals surface area contributed by atoms with E-state index in [0.717, 1.165) is 0 Å². The van der Waals surface area contributed by atoms with Gasteiger partial charge in [-0.3, -0.25) is 4.79 Å². The van der Waals surface area contributed by atoms with E-state index >= 15 is 0 Å². The fourth-order valence-corrected chi connectivity index (χ4v) is 0.994. The smallest absolute Gasteiger partial charge is 0.324 e. The molecule has 1 aliphatic rings. The van der Waals surface area contributed by atoms with Gasteiger partial charge in [-0.1, -0.05) is 0 Å². The van der Waals surface area contributed by atoms with Crippen LogP contribution < -0.4 is 5.73 Å². The van der Waals surface area contributed by atoms with Gasteiger partial charge in [-0.2, -0.15) is 8.78 Å². The van der Waals surface area contributed by atoms with Gasteiger partial charge in [-0.25, -0.2) is 8.78 Å². The minimum atomic E-state index is -4.14. The number of hydrogen-bond donors (Lipinski definition) is 1. The van der Waals surface area contributed by atoms with Crippen LogP contribution in [0.4, 0.5) is 17.6 Å². The quantitative estimate of drug-likeness (QED) is 0.517. The molecule has 3 nitrogen and oxygen atoms in total. The summed E-state index contributed by atoms with van der Waals surface area (Å²) < 4.78 is 47.9. The molecule has 0 spiro atoms. The molecule has 13 heavy (non-hydrogen) atoms. The molecule has 1 heterocycles. The van der Waals surface area contributed by atoms with E-state index in [-0.39, 0.29) is 6.54 Å². The topological polar surface area (TPSA) is 46.3 Å². The molecule has 1 unspecified atom stereocenters. The number of nitrogens with zero attached hydrogens (tertiary/aromatic N) is 1. The summed E-state index contributed by atoms with van der Waals surface area (Å²) in [6.45, 7) is -1.33. The lowest BCUT2D eigenvalue weighted by molar-refractivity contribution is -0.167. The number of carbonyl (C=O) groups excluding carboxylic acids is 1. The van der Waals surface area contributed by atoms with Crippen molar-refractivity contribution in [1.82, 2.24) is 4.90 Å². The zero-order valence-corrected chi connectivity index (χ0v) is 6.51. The maximum Gasteiger partial charge on any atom is 0.324 e. The highest BCUT2D eigenvalue weighted by Crippen LogP contribution is 2.25. The van der Waals surface area contributed by atoms with E-state index in [1.807, 2.05) is 0 Å². The number of hydrogen-bond acceptors (Lipinski definition) is 2. The Morgan fingerprint density at radius 1 is 1.62 bits per heavy atom. The molecule has 2 N–H and O–H groups in total. The second-order valence-corrected chi connectivity index (χ2v) is 2.89. The number of halogens is 4. The van der Waals surface area contributed by atoms with Crippen LogP contribution in [0, 0.1) is 0 Å². The van der Waals surface area contributed by atoms with Crippen LogP contribution in [0.15, 0.2) is 0 Å². The standard InChI is InChI=1S/C6H8F4N2O/c7-5(8)6(9,10)2-12-1-3(11)4(12)13/h3,5H,1-2,11H2. The Morgan fingerprint density at radius 2 is 2.15 bits per heavy atom. The number of alkyl halides is 4. The fourth-order valence-electron chi connectivity index (χ4n) is 0.994. The zero-order valence-electron chi connectivity index (χ0n) is 6.51. The lowest BCUT2D eigenvalue weighted by Gasteiger charge is -2.37. The molecule has 0 bridgehead atoms. The van der Waals surface area contributed by atoms with Crippen molar-refractivity contribution in [2.45, 2.75) is 18.4 Å². The van der Waals surface area contributed by atoms with E-state index in [9.17, 15) is 22.4 Å². The number of amides is 1. The minimum absolute atomic E-state index is 0.0822. The minimum Gasteiger partial charge on any atom is -0.333 e. The summed E-state index contributed by atoms with van der Waals surface area (Å²) in [5.74, 6) is -4.85. The normalized spacial score (nSPS) is 23.7. The zero-order chi connectivity index (χ0) is 10.2. The van der Waals surface area contributed by atoms with Gasteiger partial charge in [0.25, 0.3) is 0 Å². The molecule has 7 heteroatoms. The Bertz CT molecular complexity index is 221. The average molecular weight is 200 g/mol. The summed E-state index contributed by atoms with van der Waals surface area (Å²) in [6.07, 6.45) is -3.75. The lowest BCUT2D eigenvalue weighted by Crippen LogP contribution is -2.63. The van der Waals surface area contributed by atoms with Gasteiger partial charge >= 0.3 is 12.3 Å². The lowest BCUT2D eigenvalue weighted by atomic mass is 10.1. The van der Waals surface area contributed by atoms with Crippen LogP contribution in [0.25, 0.3) is 0 Å². The molecule has 1 fully saturated rings. The Morgan fingerprint density at radius 3 is 2.46 bits per heavy atom. The van der Waals surface area contributed by atoms with Crippen molar-refractivity contribution in [1.29, 1.82) is 0 Å². The molecule has 0 saturated carbocycles. The molecule has 1 aliphatic heterocycles. The largest absolute Gasteiger partial charge is 0.333 e. The van der Waals surface area contributed by atoms with Gasteiger partial charge in [0, 0.05) is 6.54 Å². The molecular weight excluding hydrogens is 192 g/mol. The summed E-state index contributed by atoms with van der Waals surface area (Å²) in [5, 5.41) is 0. The first-order valence-electron chi connectivity index (χ1n) is 3.55. The summed E-state index contributed by atoms with van der Waals surface area (Å²) in [5.41, 5.74) is 5.08. The molecule has 1 rings (SSSR count). The van der Waals surface area contributed by atoms with Crippen LogP contribution in [0.2, 0.25) is 0 Å². The van der Waals surface area contributed by atoms with Crippen LogP contribution in [0.3, 0.4) is 0 Å². The predicted molar refractivity (Wildman–Crippen MR) is 35.5 cm³/mol. The first kappa shape index (κ1) is 10.2. The molecule has 1 amide bonds. The van der Waals surface area contributed by atoms with Crippen LogP contribution in [-0.4, -0.2) is 42.3 Å². The highest BCUT2D eigenvalue weighted by Gasteiger charge is 2.47. The van der Waals surface area contributed by atoms with Crippen molar-refractivity contribution in [2.75, 3.05) is 13.1 Å². The third-order valence-corrected chi connectivity index (χ3v) is 1.77. The number of nitrogens with two attached hydrogens (primary N) is 1. The molecule has 0 radical (unpaired) electrons. The SMILES string of the molecule is NC1CN(CC(F)(F)C(F)F)C1=O. The molecule has 0 aromatic rings. The van der Waals surface area contributed by atoms with Crippen LogP contribution in [-0.2, 0) is 4.79 Å². The molecule has 0 aliphatic carbocycles. The van der Waals surface area contributed by atoms with E-state index in [1.165, 1.54) is 0 Å². The first-order valence-corrected chi connectivity index (χ1v) is 3.55. The van der Waals surface area contributed by atoms with Crippen molar-refractivity contribution in [3.05, 3.63) is 0 Å². The highest BCUT2D eigenvalue weighted by atomic mass is 19.3. The Kier molecular flexibility index (Phi) is 2.47. The molecule has 1 atom stereocenters. The predicted octanol–water partition coefficient (Wildman–Crippen LogP) is 0.0563. The molecule has 1 saturated heterocycles. The fraction of sp³-hybridized carbons (Fsp3) is 0.833. The van der Waals surface area contributed by atoms with Crippen LogP contribution in [0.1, 0.15) is 0 Å². The second-order valence-electron chi connectivity index (χ2n) is 2.89. The van der Waals surface area contributed by atoms with Crippen LogP contribution in [0.5, 0.6) is 0 Å². The van der Waals surface area contributed by atoms with E-state index in [4.69, 9.17) is 5.73 Å². The van der Waals surface area contributed by atoms with E-state index < -0.39 is 30.8 Å². The van der Waals surface area contributed by atoms with Crippen molar-refractivity contribution < 1.29 is 22.4 Å². The molecular formula is C6H8F4N2O. The first-order chi connectivity index (χ1) is 5.84. The van der Waals surface area contributed by atoms with Crippen molar-refractivity contribution in [2.24, 2.45) is 5.73 Å². The van der Waals surface area contributed by atoms with Gasteiger partial charge in [0.1, 0.15) is 6.04 Å². The van der Waals surface area contributed by atoms with Gasteiger partial charge in [-0.15, -0.1) is 0 Å². The molecule has 0 aromatic heterocycles. The Labute approximate surface area is 71.5 Å². The maximum absolute atomic E-state index is 12.3. The van der Waals surface area contributed by atoms with Crippen molar-refractivity contribution in [3.8, 4) is 0 Å². The van der Waals surface area contributed by atoms with Gasteiger partial charge in [-0.05, 0) is 0 Å². The average Bonchev–Trinajstić information content (AvgIpc) is 2.03. The van der Waals surface area contributed by atoms with Crippen LogP contribution >= 0.6 is 0 Å². The number of rotatable bonds is 3. The molecule has 76 valence electrons. The summed E-state index contributed by atoms with van der Waals surface area (Å²) in [4.78, 5) is 11.3. The van der Waals surface area contributed by atoms with Gasteiger partial charge in [0.05, 0.1) is 6.54 Å². The third kappa shape index (κ3) is 1.90. The van der Waals surface area contributed by atoms with Gasteiger partial charge in [0.2, 0.25) is 5.91 Å². The van der Waals surface area contributed by atoms with E-state index in [2.05, 4.69) is 0 Å². The monoisotopic (exact) mass is 200 g/mol. The number of likely N-dealkylation sites (tertiary alicyclic amines) is 1. The van der Waals surface area contributed by atoms with Gasteiger partial charge < -0.3 is 10.6 Å². The van der Waals surface area contributed by atoms with E-state index in [0.29, 0.717) is 4.90 Å². The number of carbonyl (C=O) groups is 1. The highest BCUT2D eigenvalue weighted by molar-refractivity contribution is 5.87.